The van der Waals surface area contributed by atoms with Gasteiger partial charge in [0.25, 0.3) is 5.91 Å². The van der Waals surface area contributed by atoms with Crippen molar-refractivity contribution < 1.29 is 18.0 Å². The topological polar surface area (TPSA) is 56.7 Å². The Kier molecular flexibility index (Phi) is 6.58. The van der Waals surface area contributed by atoms with Crippen LogP contribution in [0.5, 0.6) is 0 Å². The average molecular weight is 503 g/mol. The van der Waals surface area contributed by atoms with Gasteiger partial charge in [-0.25, -0.2) is 4.99 Å². The summed E-state index contributed by atoms with van der Waals surface area (Å²) in [6.45, 7) is 0. The number of hydrogen-bond acceptors (Lipinski definition) is 3. The van der Waals surface area contributed by atoms with E-state index in [4.69, 9.17) is 23.8 Å². The lowest BCUT2D eigenvalue weighted by molar-refractivity contribution is -0.137. The minimum atomic E-state index is -4.44. The first-order chi connectivity index (χ1) is 16.1. The predicted octanol–water partition coefficient (Wildman–Crippen LogP) is 5.49. The second-order valence-electron chi connectivity index (χ2n) is 7.48. The number of thiocarbonyl (C=S) groups is 1. The van der Waals surface area contributed by atoms with Gasteiger partial charge in [-0.05, 0) is 54.7 Å². The Morgan fingerprint density at radius 1 is 1.06 bits per heavy atom. The van der Waals surface area contributed by atoms with Crippen molar-refractivity contribution in [2.45, 2.75) is 12.3 Å². The van der Waals surface area contributed by atoms with Crippen LogP contribution in [0.1, 0.15) is 16.7 Å². The zero-order valence-corrected chi connectivity index (χ0v) is 19.3. The number of likely N-dealkylation sites (N-methyl/N-ethyl adjacent to an activating group) is 1. The van der Waals surface area contributed by atoms with Gasteiger partial charge < -0.3 is 15.5 Å². The zero-order valence-electron chi connectivity index (χ0n) is 17.7. The Labute approximate surface area is 204 Å². The molecule has 1 atom stereocenters. The molecule has 0 fully saturated rings. The number of anilines is 2. The van der Waals surface area contributed by atoms with Gasteiger partial charge in [0.1, 0.15) is 0 Å². The molecule has 0 spiro atoms. The number of nitrogens with zero attached hydrogens (tertiary/aromatic N) is 2. The van der Waals surface area contributed by atoms with Gasteiger partial charge in [0.05, 0.1) is 17.0 Å². The lowest BCUT2D eigenvalue weighted by Crippen LogP contribution is -2.47. The summed E-state index contributed by atoms with van der Waals surface area (Å²) in [5.74, 6) is -0.369. The van der Waals surface area contributed by atoms with Crippen LogP contribution >= 0.6 is 23.8 Å². The first-order valence-corrected chi connectivity index (χ1v) is 10.9. The van der Waals surface area contributed by atoms with E-state index in [1.807, 2.05) is 30.3 Å². The standard InChI is InChI=1S/C24H18ClF3N4OS/c1-32-19-12-9-16(25)13-18(19)20(14-5-3-2-4-6-14)30-21(22(32)33)31-23(34)29-17-10-7-15(8-11-17)24(26,27)28/h2-13,21H,1H3,(H2,29,31,34). The number of alkyl halides is 3. The molecule has 174 valence electrons. The minimum absolute atomic E-state index is 0.0339. The number of nitrogens with one attached hydrogen (secondary N) is 2. The second-order valence-corrected chi connectivity index (χ2v) is 8.32. The molecule has 4 rings (SSSR count). The van der Waals surface area contributed by atoms with Crippen LogP contribution in [-0.2, 0) is 11.0 Å². The molecule has 1 aliphatic heterocycles. The number of amides is 1. The average Bonchev–Trinajstić information content (AvgIpc) is 2.90. The largest absolute Gasteiger partial charge is 0.416 e. The van der Waals surface area contributed by atoms with Gasteiger partial charge in [-0.15, -0.1) is 0 Å². The van der Waals surface area contributed by atoms with Crippen LogP contribution in [0.4, 0.5) is 24.5 Å². The maximum absolute atomic E-state index is 13.2. The summed E-state index contributed by atoms with van der Waals surface area (Å²) in [7, 11) is 1.62. The van der Waals surface area contributed by atoms with E-state index in [1.165, 1.54) is 17.0 Å². The molecule has 10 heteroatoms. The third kappa shape index (κ3) is 5.05. The highest BCUT2D eigenvalue weighted by Gasteiger charge is 2.31. The second kappa shape index (κ2) is 9.44. The van der Waals surface area contributed by atoms with Gasteiger partial charge in [-0.3, -0.25) is 4.79 Å². The zero-order chi connectivity index (χ0) is 24.5. The molecule has 1 heterocycles. The summed E-state index contributed by atoms with van der Waals surface area (Å²) in [6, 6.07) is 18.9. The number of carbonyl (C=O) groups is 1. The van der Waals surface area contributed by atoms with Crippen molar-refractivity contribution in [2.24, 2.45) is 4.99 Å². The monoisotopic (exact) mass is 502 g/mol. The SMILES string of the molecule is CN1C(=O)C(NC(=S)Nc2ccc(C(F)(F)F)cc2)N=C(c2ccccc2)c2cc(Cl)ccc21. The van der Waals surface area contributed by atoms with Crippen LogP contribution < -0.4 is 15.5 Å². The summed E-state index contributed by atoms with van der Waals surface area (Å²) in [5, 5.41) is 6.20. The fraction of sp³-hybridized carbons (Fsp3) is 0.125. The molecule has 0 saturated heterocycles. The molecular weight excluding hydrogens is 485 g/mol. The minimum Gasteiger partial charge on any atom is -0.333 e. The van der Waals surface area contributed by atoms with Crippen molar-refractivity contribution in [2.75, 3.05) is 17.3 Å². The van der Waals surface area contributed by atoms with Crippen molar-refractivity contribution in [3.05, 3.63) is 94.5 Å². The summed E-state index contributed by atoms with van der Waals surface area (Å²) in [4.78, 5) is 19.4. The molecule has 34 heavy (non-hydrogen) atoms. The number of benzene rings is 3. The maximum Gasteiger partial charge on any atom is 0.416 e. The van der Waals surface area contributed by atoms with Gasteiger partial charge >= 0.3 is 6.18 Å². The molecule has 5 nitrogen and oxygen atoms in total. The maximum atomic E-state index is 13.2. The van der Waals surface area contributed by atoms with E-state index < -0.39 is 17.9 Å². The molecule has 3 aromatic rings. The number of fused-ring (bicyclic) bond motifs is 1. The number of carbonyl (C=O) groups excluding carboxylic acids is 1. The normalized spacial score (nSPS) is 15.8. The molecule has 2 N–H and O–H groups in total. The molecular formula is C24H18ClF3N4OS. The molecule has 0 aliphatic carbocycles. The smallest absolute Gasteiger partial charge is 0.333 e. The molecule has 1 aliphatic rings. The molecule has 1 unspecified atom stereocenters. The van der Waals surface area contributed by atoms with E-state index in [-0.39, 0.29) is 11.0 Å². The van der Waals surface area contributed by atoms with Gasteiger partial charge in [-0.1, -0.05) is 41.9 Å². The quantitative estimate of drug-likeness (QED) is 0.465. The van der Waals surface area contributed by atoms with Crippen molar-refractivity contribution in [1.29, 1.82) is 0 Å². The molecule has 0 bridgehead atoms. The fourth-order valence-corrected chi connectivity index (χ4v) is 3.90. The summed E-state index contributed by atoms with van der Waals surface area (Å²) in [6.07, 6.45) is -5.52. The summed E-state index contributed by atoms with van der Waals surface area (Å²) < 4.78 is 38.4. The van der Waals surface area contributed by atoms with Crippen molar-refractivity contribution in [3.63, 3.8) is 0 Å². The van der Waals surface area contributed by atoms with Crippen molar-refractivity contribution in [1.82, 2.24) is 5.32 Å². The van der Waals surface area contributed by atoms with E-state index in [0.717, 1.165) is 17.7 Å². The number of halogens is 4. The Morgan fingerprint density at radius 3 is 2.38 bits per heavy atom. The number of rotatable bonds is 3. The van der Waals surface area contributed by atoms with Crippen LogP contribution in [0, 0.1) is 0 Å². The Bertz CT molecular complexity index is 1260. The highest BCUT2D eigenvalue weighted by Crippen LogP contribution is 2.31. The Balaban J connectivity index is 1.64. The summed E-state index contributed by atoms with van der Waals surface area (Å²) in [5.41, 5.74) is 2.20. The van der Waals surface area contributed by atoms with Crippen molar-refractivity contribution >= 4 is 51.9 Å². The lowest BCUT2D eigenvalue weighted by Gasteiger charge is -2.22. The van der Waals surface area contributed by atoms with Gasteiger partial charge in [0.2, 0.25) is 6.17 Å². The van der Waals surface area contributed by atoms with E-state index >= 15 is 0 Å². The third-order valence-electron chi connectivity index (χ3n) is 5.18. The summed E-state index contributed by atoms with van der Waals surface area (Å²) >= 11 is 11.6. The first-order valence-electron chi connectivity index (χ1n) is 10.1. The Hall–Kier alpha value is -3.43. The van der Waals surface area contributed by atoms with E-state index in [2.05, 4.69) is 15.6 Å². The predicted molar refractivity (Wildman–Crippen MR) is 132 cm³/mol. The first kappa shape index (κ1) is 23.7. The van der Waals surface area contributed by atoms with Crippen LogP contribution in [0.25, 0.3) is 0 Å². The third-order valence-corrected chi connectivity index (χ3v) is 5.64. The number of hydrogen-bond donors (Lipinski definition) is 2. The van der Waals surface area contributed by atoms with Gasteiger partial charge in [0, 0.05) is 28.9 Å². The van der Waals surface area contributed by atoms with E-state index in [0.29, 0.717) is 27.7 Å². The Morgan fingerprint density at radius 2 is 1.74 bits per heavy atom. The molecule has 3 aromatic carbocycles. The molecule has 0 saturated carbocycles. The van der Waals surface area contributed by atoms with Crippen molar-refractivity contribution in [3.8, 4) is 0 Å². The number of benzodiazepines with no additional fused rings is 1. The van der Waals surface area contributed by atoms with Gasteiger partial charge in [0.15, 0.2) is 5.11 Å². The lowest BCUT2D eigenvalue weighted by atomic mass is 10.0. The van der Waals surface area contributed by atoms with Crippen LogP contribution in [0.2, 0.25) is 5.02 Å². The highest BCUT2D eigenvalue weighted by atomic mass is 35.5. The molecule has 0 aromatic heterocycles. The van der Waals surface area contributed by atoms with E-state index in [9.17, 15) is 18.0 Å². The molecule has 0 radical (unpaired) electrons. The van der Waals surface area contributed by atoms with Crippen LogP contribution in [0.3, 0.4) is 0 Å². The number of aliphatic imine (C=N–C) groups is 1. The van der Waals surface area contributed by atoms with E-state index in [1.54, 1.807) is 25.2 Å². The van der Waals surface area contributed by atoms with Gasteiger partial charge in [-0.2, -0.15) is 13.2 Å². The molecule has 1 amide bonds. The fourth-order valence-electron chi connectivity index (χ4n) is 3.50. The van der Waals surface area contributed by atoms with Crippen LogP contribution in [0.15, 0.2) is 77.8 Å². The van der Waals surface area contributed by atoms with Crippen LogP contribution in [-0.4, -0.2) is 29.9 Å². The highest BCUT2D eigenvalue weighted by molar-refractivity contribution is 7.80.